The molecule has 2 heteroatoms. The van der Waals surface area contributed by atoms with Gasteiger partial charge in [-0.2, -0.15) is 0 Å². The van der Waals surface area contributed by atoms with Crippen molar-refractivity contribution < 1.29 is 9.53 Å². The third-order valence-corrected chi connectivity index (χ3v) is 1.94. The van der Waals surface area contributed by atoms with Crippen LogP contribution in [0.25, 0.3) is 0 Å². The van der Waals surface area contributed by atoms with Crippen molar-refractivity contribution >= 4 is 5.97 Å². The molecule has 0 heterocycles. The monoisotopic (exact) mass is 170 g/mol. The van der Waals surface area contributed by atoms with Crippen molar-refractivity contribution in [1.29, 1.82) is 0 Å². The minimum absolute atomic E-state index is 0.162. The van der Waals surface area contributed by atoms with E-state index >= 15 is 0 Å². The van der Waals surface area contributed by atoms with Crippen LogP contribution in [0.5, 0.6) is 0 Å². The average Bonchev–Trinajstić information content (AvgIpc) is 2.04. The van der Waals surface area contributed by atoms with E-state index in [1.165, 1.54) is 6.26 Å². The van der Waals surface area contributed by atoms with Crippen LogP contribution < -0.4 is 0 Å². The Kier molecular flexibility index (Phi) is 6.44. The Hall–Kier alpha value is -0.790. The van der Waals surface area contributed by atoms with Crippen molar-refractivity contribution in [3.8, 4) is 0 Å². The first kappa shape index (κ1) is 11.2. The minimum atomic E-state index is -0.162. The van der Waals surface area contributed by atoms with Gasteiger partial charge >= 0.3 is 5.97 Å². The van der Waals surface area contributed by atoms with E-state index in [1.807, 2.05) is 0 Å². The molecule has 0 aliphatic rings. The van der Waals surface area contributed by atoms with E-state index in [-0.39, 0.29) is 5.97 Å². The highest BCUT2D eigenvalue weighted by Gasteiger charge is 2.10. The zero-order valence-corrected chi connectivity index (χ0v) is 8.01. The summed E-state index contributed by atoms with van der Waals surface area (Å²) in [4.78, 5) is 11.0. The molecule has 0 saturated heterocycles. The summed E-state index contributed by atoms with van der Waals surface area (Å²) in [5, 5.41) is 0. The van der Waals surface area contributed by atoms with Crippen molar-refractivity contribution in [2.45, 2.75) is 39.5 Å². The van der Waals surface area contributed by atoms with E-state index < -0.39 is 0 Å². The molecule has 0 rings (SSSR count). The molecule has 0 fully saturated rings. The van der Waals surface area contributed by atoms with E-state index in [1.54, 1.807) is 0 Å². The molecule has 2 nitrogen and oxygen atoms in total. The number of carbonyl (C=O) groups is 1. The highest BCUT2D eigenvalue weighted by molar-refractivity contribution is 5.70. The second kappa shape index (κ2) is 6.89. The predicted molar refractivity (Wildman–Crippen MR) is 49.6 cm³/mol. The average molecular weight is 170 g/mol. The Labute approximate surface area is 74.6 Å². The lowest BCUT2D eigenvalue weighted by Gasteiger charge is -2.10. The summed E-state index contributed by atoms with van der Waals surface area (Å²) in [6, 6.07) is 0. The largest absolute Gasteiger partial charge is 0.435 e. The fourth-order valence-electron chi connectivity index (χ4n) is 1.24. The zero-order chi connectivity index (χ0) is 9.40. The number of hydrogen-bond acceptors (Lipinski definition) is 2. The van der Waals surface area contributed by atoms with Crippen LogP contribution in [-0.4, -0.2) is 5.97 Å². The Morgan fingerprint density at radius 1 is 1.58 bits per heavy atom. The first-order valence-corrected chi connectivity index (χ1v) is 4.54. The fourth-order valence-corrected chi connectivity index (χ4v) is 1.24. The molecule has 0 saturated carbocycles. The summed E-state index contributed by atoms with van der Waals surface area (Å²) in [5.74, 6) is 0.313. The van der Waals surface area contributed by atoms with Crippen LogP contribution in [0.4, 0.5) is 0 Å². The molecule has 0 radical (unpaired) electrons. The van der Waals surface area contributed by atoms with E-state index in [0.717, 1.165) is 19.3 Å². The number of rotatable bonds is 6. The number of carbonyl (C=O) groups excluding carboxylic acids is 1. The van der Waals surface area contributed by atoms with Crippen LogP contribution in [-0.2, 0) is 9.53 Å². The molecule has 70 valence electrons. The van der Waals surface area contributed by atoms with Crippen LogP contribution in [0.1, 0.15) is 39.5 Å². The minimum Gasteiger partial charge on any atom is -0.435 e. The Balaban J connectivity index is 3.68. The quantitative estimate of drug-likeness (QED) is 0.452. The Morgan fingerprint density at radius 3 is 2.67 bits per heavy atom. The van der Waals surface area contributed by atoms with Gasteiger partial charge in [0.15, 0.2) is 0 Å². The molecule has 12 heavy (non-hydrogen) atoms. The molecule has 1 atom stereocenters. The second-order valence-electron chi connectivity index (χ2n) is 2.92. The van der Waals surface area contributed by atoms with E-state index in [0.29, 0.717) is 12.3 Å². The maximum atomic E-state index is 11.0. The molecule has 0 aromatic carbocycles. The van der Waals surface area contributed by atoms with Gasteiger partial charge in [0.05, 0.1) is 6.26 Å². The second-order valence-corrected chi connectivity index (χ2v) is 2.92. The summed E-state index contributed by atoms with van der Waals surface area (Å²) in [6.07, 6.45) is 4.99. The zero-order valence-electron chi connectivity index (χ0n) is 8.01. The van der Waals surface area contributed by atoms with Crippen LogP contribution in [0.2, 0.25) is 0 Å². The van der Waals surface area contributed by atoms with E-state index in [9.17, 15) is 4.79 Å². The first-order valence-electron chi connectivity index (χ1n) is 4.54. The molecule has 0 aromatic rings. The molecular formula is C10H18O2. The topological polar surface area (TPSA) is 26.3 Å². The van der Waals surface area contributed by atoms with Crippen molar-refractivity contribution in [3.05, 3.63) is 12.8 Å². The standard InChI is InChI=1S/C10H18O2/c1-4-7-9(5-2)8-10(11)12-6-3/h6,9H,3-5,7-8H2,1-2H3. The van der Waals surface area contributed by atoms with Crippen molar-refractivity contribution in [2.24, 2.45) is 5.92 Å². The lowest BCUT2D eigenvalue weighted by atomic mass is 9.97. The highest BCUT2D eigenvalue weighted by Crippen LogP contribution is 2.15. The van der Waals surface area contributed by atoms with Gasteiger partial charge < -0.3 is 4.74 Å². The molecule has 0 aliphatic carbocycles. The van der Waals surface area contributed by atoms with Crippen LogP contribution in [0.3, 0.4) is 0 Å². The van der Waals surface area contributed by atoms with E-state index in [4.69, 9.17) is 0 Å². The van der Waals surface area contributed by atoms with Gasteiger partial charge in [0, 0.05) is 6.42 Å². The van der Waals surface area contributed by atoms with Gasteiger partial charge in [-0.25, -0.2) is 0 Å². The maximum absolute atomic E-state index is 11.0. The molecule has 0 spiro atoms. The molecule has 1 unspecified atom stereocenters. The van der Waals surface area contributed by atoms with Crippen molar-refractivity contribution in [2.75, 3.05) is 0 Å². The van der Waals surface area contributed by atoms with Crippen LogP contribution in [0.15, 0.2) is 12.8 Å². The lowest BCUT2D eigenvalue weighted by molar-refractivity contribution is -0.139. The van der Waals surface area contributed by atoms with Gasteiger partial charge in [-0.05, 0) is 5.92 Å². The summed E-state index contributed by atoms with van der Waals surface area (Å²) in [6.45, 7) is 7.56. The number of esters is 1. The third kappa shape index (κ3) is 4.94. The van der Waals surface area contributed by atoms with Gasteiger partial charge in [-0.3, -0.25) is 4.79 Å². The normalized spacial score (nSPS) is 12.2. The van der Waals surface area contributed by atoms with Gasteiger partial charge in [0.25, 0.3) is 0 Å². The number of hydrogen-bond donors (Lipinski definition) is 0. The number of ether oxygens (including phenoxy) is 1. The van der Waals surface area contributed by atoms with Crippen LogP contribution >= 0.6 is 0 Å². The van der Waals surface area contributed by atoms with Gasteiger partial charge in [-0.1, -0.05) is 39.7 Å². The predicted octanol–water partition coefficient (Wildman–Crippen LogP) is 2.89. The summed E-state index contributed by atoms with van der Waals surface area (Å²) in [7, 11) is 0. The van der Waals surface area contributed by atoms with Gasteiger partial charge in [0.2, 0.25) is 0 Å². The molecule has 0 amide bonds. The fraction of sp³-hybridized carbons (Fsp3) is 0.700. The third-order valence-electron chi connectivity index (χ3n) is 1.94. The van der Waals surface area contributed by atoms with E-state index in [2.05, 4.69) is 25.2 Å². The van der Waals surface area contributed by atoms with Crippen LogP contribution in [0, 0.1) is 5.92 Å². The van der Waals surface area contributed by atoms with Gasteiger partial charge in [0.1, 0.15) is 0 Å². The molecule has 0 N–H and O–H groups in total. The van der Waals surface area contributed by atoms with Crippen molar-refractivity contribution in [3.63, 3.8) is 0 Å². The highest BCUT2D eigenvalue weighted by atomic mass is 16.5. The summed E-state index contributed by atoms with van der Waals surface area (Å²) in [5.41, 5.74) is 0. The molecule has 0 bridgehead atoms. The lowest BCUT2D eigenvalue weighted by Crippen LogP contribution is -2.08. The summed E-state index contributed by atoms with van der Waals surface area (Å²) < 4.78 is 4.65. The Bertz CT molecular complexity index is 141. The molecule has 0 aromatic heterocycles. The SMILES string of the molecule is C=COC(=O)CC(CC)CCC. The van der Waals surface area contributed by atoms with Gasteiger partial charge in [-0.15, -0.1) is 0 Å². The molecular weight excluding hydrogens is 152 g/mol. The smallest absolute Gasteiger partial charge is 0.310 e. The van der Waals surface area contributed by atoms with Crippen molar-refractivity contribution in [1.82, 2.24) is 0 Å². The maximum Gasteiger partial charge on any atom is 0.310 e. The summed E-state index contributed by atoms with van der Waals surface area (Å²) >= 11 is 0. The Morgan fingerprint density at radius 2 is 2.25 bits per heavy atom. The first-order chi connectivity index (χ1) is 5.74. The molecule has 0 aliphatic heterocycles.